The Balaban J connectivity index is 1.67. The second-order valence-electron chi connectivity index (χ2n) is 7.37. The molecule has 4 nitrogen and oxygen atoms in total. The van der Waals surface area contributed by atoms with Crippen molar-refractivity contribution in [3.63, 3.8) is 0 Å². The van der Waals surface area contributed by atoms with Gasteiger partial charge in [-0.25, -0.2) is 0 Å². The molecule has 1 unspecified atom stereocenters. The van der Waals surface area contributed by atoms with Crippen molar-refractivity contribution in [2.75, 3.05) is 20.2 Å². The Hall–Kier alpha value is -1.81. The molecule has 0 radical (unpaired) electrons. The van der Waals surface area contributed by atoms with Crippen LogP contribution in [0.1, 0.15) is 30.0 Å². The molecular weight excluding hydrogens is 288 g/mol. The molecule has 6 rings (SSSR count). The maximum Gasteiger partial charge on any atom is 0.310 e. The number of ether oxygens (including phenoxy) is 1. The molecule has 4 bridgehead atoms. The highest BCUT2D eigenvalue weighted by molar-refractivity contribution is 5.86. The lowest BCUT2D eigenvalue weighted by molar-refractivity contribution is -0.154. The summed E-state index contributed by atoms with van der Waals surface area (Å²) in [5, 5.41) is 1.35. The Morgan fingerprint density at radius 1 is 1.30 bits per heavy atom. The van der Waals surface area contributed by atoms with E-state index >= 15 is 0 Å². The Kier molecular flexibility index (Phi) is 2.87. The van der Waals surface area contributed by atoms with Crippen LogP contribution in [0.15, 0.2) is 24.3 Å². The van der Waals surface area contributed by atoms with Crippen LogP contribution in [-0.2, 0) is 16.0 Å². The molecule has 3 aliphatic heterocycles. The number of esters is 1. The lowest BCUT2D eigenvalue weighted by Crippen LogP contribution is -2.58. The van der Waals surface area contributed by atoms with Crippen LogP contribution < -0.4 is 0 Å². The third-order valence-electron chi connectivity index (χ3n) is 6.27. The van der Waals surface area contributed by atoms with E-state index in [1.165, 1.54) is 35.7 Å². The van der Waals surface area contributed by atoms with E-state index in [1.807, 2.05) is 0 Å². The highest BCUT2D eigenvalue weighted by atomic mass is 16.5. The molecule has 1 N–H and O–H groups in total. The van der Waals surface area contributed by atoms with Gasteiger partial charge < -0.3 is 9.72 Å². The van der Waals surface area contributed by atoms with Gasteiger partial charge in [0.2, 0.25) is 0 Å². The number of nitrogens with one attached hydrogen (secondary N) is 1. The Morgan fingerprint density at radius 2 is 2.17 bits per heavy atom. The summed E-state index contributed by atoms with van der Waals surface area (Å²) in [5.74, 6) is 1.10. The van der Waals surface area contributed by atoms with Gasteiger partial charge in [-0.2, -0.15) is 0 Å². The number of nitrogens with zero attached hydrogens (tertiary/aromatic N) is 1. The topological polar surface area (TPSA) is 45.3 Å². The molecule has 4 heterocycles. The van der Waals surface area contributed by atoms with Gasteiger partial charge in [-0.05, 0) is 30.4 Å². The Bertz CT molecular complexity index is 781. The molecule has 1 aliphatic carbocycles. The Morgan fingerprint density at radius 3 is 3.04 bits per heavy atom. The van der Waals surface area contributed by atoms with Crippen molar-refractivity contribution in [2.24, 2.45) is 11.8 Å². The highest BCUT2D eigenvalue weighted by Gasteiger charge is 2.52. The number of hydrogen-bond donors (Lipinski definition) is 1. The zero-order valence-electron chi connectivity index (χ0n) is 13.4. The van der Waals surface area contributed by atoms with Crippen molar-refractivity contribution < 1.29 is 9.53 Å². The number of H-pyrrole nitrogens is 1. The third-order valence-corrected chi connectivity index (χ3v) is 6.27. The van der Waals surface area contributed by atoms with E-state index in [-0.39, 0.29) is 11.9 Å². The van der Waals surface area contributed by atoms with Crippen LogP contribution in [0, 0.1) is 11.8 Å². The van der Waals surface area contributed by atoms with Crippen molar-refractivity contribution in [3.8, 4) is 0 Å². The summed E-state index contributed by atoms with van der Waals surface area (Å²) in [5.41, 5.74) is 4.10. The van der Waals surface area contributed by atoms with E-state index in [0.717, 1.165) is 25.9 Å². The van der Waals surface area contributed by atoms with Gasteiger partial charge in [0.25, 0.3) is 0 Å². The number of carbonyl (C=O) groups excluding carboxylic acids is 1. The minimum absolute atomic E-state index is 0.0160. The van der Waals surface area contributed by atoms with Crippen LogP contribution in [-0.4, -0.2) is 42.1 Å². The molecule has 2 aromatic rings. The number of para-hydroxylation sites is 1. The van der Waals surface area contributed by atoms with Gasteiger partial charge >= 0.3 is 5.97 Å². The van der Waals surface area contributed by atoms with Gasteiger partial charge in [-0.3, -0.25) is 9.69 Å². The van der Waals surface area contributed by atoms with Gasteiger partial charge in [0.1, 0.15) is 0 Å². The van der Waals surface area contributed by atoms with E-state index in [2.05, 4.69) is 34.1 Å². The fourth-order valence-corrected chi connectivity index (χ4v) is 5.50. The first-order valence-electron chi connectivity index (χ1n) is 8.67. The number of aromatic amines is 1. The lowest BCUT2D eigenvalue weighted by Gasteiger charge is -2.52. The first kappa shape index (κ1) is 13.6. The van der Waals surface area contributed by atoms with Crippen molar-refractivity contribution in [2.45, 2.75) is 31.2 Å². The SMILES string of the molecule is COC(=O)[C@@H]1C[C@@H]2C[C@H]3c4c([nH]c5ccccc45)CCN(C2)[C@@H]13. The summed E-state index contributed by atoms with van der Waals surface area (Å²) < 4.78 is 5.13. The molecular formula is C19H22N2O2. The van der Waals surface area contributed by atoms with E-state index in [4.69, 9.17) is 4.74 Å². The van der Waals surface area contributed by atoms with E-state index in [9.17, 15) is 4.79 Å². The molecule has 4 heteroatoms. The number of aromatic nitrogens is 1. The standard InChI is InChI=1S/C19H22N2O2/c1-23-19(22)14-9-11-8-13-17-12-4-2-3-5-15(12)20-16(17)6-7-21(10-11)18(13)14/h2-5,11,13-14,18,20H,6-10H2,1H3/t11-,13-,14+,18+/m0/s1. The molecule has 2 saturated heterocycles. The molecule has 1 aromatic heterocycles. The maximum atomic E-state index is 12.4. The minimum Gasteiger partial charge on any atom is -0.469 e. The first-order valence-corrected chi connectivity index (χ1v) is 8.67. The van der Waals surface area contributed by atoms with Crippen LogP contribution in [0.5, 0.6) is 0 Å². The Labute approximate surface area is 135 Å². The predicted octanol–water partition coefficient (Wildman–Crippen LogP) is 2.69. The van der Waals surface area contributed by atoms with E-state index < -0.39 is 0 Å². The number of carbonyl (C=O) groups is 1. The third kappa shape index (κ3) is 1.84. The average molecular weight is 310 g/mol. The van der Waals surface area contributed by atoms with Crippen molar-refractivity contribution in [1.82, 2.24) is 9.88 Å². The number of benzene rings is 1. The number of fused-ring (bicyclic) bond motifs is 4. The average Bonchev–Trinajstić information content (AvgIpc) is 2.92. The molecule has 5 atom stereocenters. The van der Waals surface area contributed by atoms with Gasteiger partial charge in [0, 0.05) is 48.1 Å². The quantitative estimate of drug-likeness (QED) is 0.824. The summed E-state index contributed by atoms with van der Waals surface area (Å²) in [7, 11) is 1.53. The summed E-state index contributed by atoms with van der Waals surface area (Å²) in [6.45, 7) is 2.20. The summed E-state index contributed by atoms with van der Waals surface area (Å²) in [4.78, 5) is 18.6. The molecule has 3 fully saturated rings. The fraction of sp³-hybridized carbons (Fsp3) is 0.526. The molecule has 1 aromatic carbocycles. The van der Waals surface area contributed by atoms with E-state index in [0.29, 0.717) is 17.9 Å². The molecule has 23 heavy (non-hydrogen) atoms. The van der Waals surface area contributed by atoms with Crippen LogP contribution in [0.25, 0.3) is 10.9 Å². The van der Waals surface area contributed by atoms with Crippen LogP contribution in [0.4, 0.5) is 0 Å². The van der Waals surface area contributed by atoms with Gasteiger partial charge in [0.15, 0.2) is 0 Å². The molecule has 1 saturated carbocycles. The summed E-state index contributed by atoms with van der Waals surface area (Å²) in [6.07, 6.45) is 3.27. The van der Waals surface area contributed by atoms with Crippen molar-refractivity contribution in [1.29, 1.82) is 0 Å². The second-order valence-corrected chi connectivity index (χ2v) is 7.37. The number of rotatable bonds is 1. The first-order chi connectivity index (χ1) is 11.3. The maximum absolute atomic E-state index is 12.4. The zero-order chi connectivity index (χ0) is 15.6. The second kappa shape index (κ2) is 4.84. The largest absolute Gasteiger partial charge is 0.469 e. The fourth-order valence-electron chi connectivity index (χ4n) is 5.50. The van der Waals surface area contributed by atoms with Crippen molar-refractivity contribution >= 4 is 16.9 Å². The summed E-state index contributed by atoms with van der Waals surface area (Å²) >= 11 is 0. The molecule has 0 spiro atoms. The van der Waals surface area contributed by atoms with E-state index in [1.54, 1.807) is 0 Å². The van der Waals surface area contributed by atoms with Crippen LogP contribution in [0.2, 0.25) is 0 Å². The highest BCUT2D eigenvalue weighted by Crippen LogP contribution is 2.51. The van der Waals surface area contributed by atoms with Crippen molar-refractivity contribution in [3.05, 3.63) is 35.5 Å². The van der Waals surface area contributed by atoms with Gasteiger partial charge in [-0.1, -0.05) is 18.2 Å². The lowest BCUT2D eigenvalue weighted by atomic mass is 9.65. The molecule has 4 aliphatic rings. The molecule has 0 amide bonds. The molecule has 120 valence electrons. The number of hydrogen-bond acceptors (Lipinski definition) is 3. The number of methoxy groups -OCH3 is 1. The summed E-state index contributed by atoms with van der Waals surface area (Å²) in [6, 6.07) is 8.93. The normalized spacial score (nSPS) is 34.9. The predicted molar refractivity (Wildman–Crippen MR) is 88.3 cm³/mol. The zero-order valence-corrected chi connectivity index (χ0v) is 13.4. The monoisotopic (exact) mass is 310 g/mol. The van der Waals surface area contributed by atoms with Crippen LogP contribution >= 0.6 is 0 Å². The number of piperidine rings is 2. The van der Waals surface area contributed by atoms with Gasteiger partial charge in [-0.15, -0.1) is 0 Å². The smallest absolute Gasteiger partial charge is 0.310 e. The van der Waals surface area contributed by atoms with Crippen LogP contribution in [0.3, 0.4) is 0 Å². The minimum atomic E-state index is -0.0160. The van der Waals surface area contributed by atoms with Gasteiger partial charge in [0.05, 0.1) is 13.0 Å².